The molecular weight excluding hydrogens is 385 g/mol. The molecule has 1 N–H and O–H groups in total. The Morgan fingerprint density at radius 1 is 1.22 bits per heavy atom. The Hall–Kier alpha value is -1.44. The van der Waals surface area contributed by atoms with Crippen LogP contribution in [0.5, 0.6) is 5.75 Å². The first-order chi connectivity index (χ1) is 10.9. The summed E-state index contributed by atoms with van der Waals surface area (Å²) in [7, 11) is -2.51. The fourth-order valence-corrected chi connectivity index (χ4v) is 3.74. The Bertz CT molecular complexity index is 778. The maximum atomic E-state index is 13.7. The molecule has 0 amide bonds. The Labute approximate surface area is 143 Å². The lowest BCUT2D eigenvalue weighted by molar-refractivity contribution is 0.385. The zero-order chi connectivity index (χ0) is 17.0. The molecule has 0 aromatic heterocycles. The van der Waals surface area contributed by atoms with Crippen molar-refractivity contribution in [1.82, 2.24) is 4.72 Å². The third kappa shape index (κ3) is 4.31. The topological polar surface area (TPSA) is 55.4 Å². The van der Waals surface area contributed by atoms with Gasteiger partial charge in [0.1, 0.15) is 0 Å². The van der Waals surface area contributed by atoms with Crippen LogP contribution >= 0.6 is 15.9 Å². The van der Waals surface area contributed by atoms with Crippen LogP contribution in [0.25, 0.3) is 0 Å². The van der Waals surface area contributed by atoms with Gasteiger partial charge in [-0.3, -0.25) is 0 Å². The predicted molar refractivity (Wildman–Crippen MR) is 90.4 cm³/mol. The molecule has 7 heteroatoms. The molecule has 0 aliphatic heterocycles. The molecule has 1 atom stereocenters. The van der Waals surface area contributed by atoms with E-state index in [0.29, 0.717) is 6.42 Å². The number of hydrogen-bond donors (Lipinski definition) is 1. The van der Waals surface area contributed by atoms with E-state index in [1.165, 1.54) is 19.2 Å². The first-order valence-electron chi connectivity index (χ1n) is 6.98. The standard InChI is InChI=1S/C16H17BrFNO3S/c1-3-15(11-4-6-12(17)7-5-11)19-23(20,21)13-8-9-16(22-2)14(18)10-13/h4-10,15,19H,3H2,1-2H3. The number of benzene rings is 2. The van der Waals surface area contributed by atoms with Crippen molar-refractivity contribution in [3.05, 3.63) is 58.3 Å². The average Bonchev–Trinajstić information content (AvgIpc) is 2.53. The molecule has 2 aromatic rings. The molecule has 0 aliphatic rings. The molecule has 0 fully saturated rings. The first-order valence-corrected chi connectivity index (χ1v) is 9.26. The quantitative estimate of drug-likeness (QED) is 0.794. The number of nitrogens with one attached hydrogen (secondary N) is 1. The molecule has 4 nitrogen and oxygen atoms in total. The van der Waals surface area contributed by atoms with Gasteiger partial charge in [0, 0.05) is 10.5 Å². The van der Waals surface area contributed by atoms with Gasteiger partial charge in [-0.25, -0.2) is 17.5 Å². The zero-order valence-corrected chi connectivity index (χ0v) is 15.1. The Morgan fingerprint density at radius 2 is 1.87 bits per heavy atom. The molecule has 0 aliphatic carbocycles. The molecule has 124 valence electrons. The molecule has 0 spiro atoms. The monoisotopic (exact) mass is 401 g/mol. The van der Waals surface area contributed by atoms with Crippen LogP contribution in [-0.4, -0.2) is 15.5 Å². The highest BCUT2D eigenvalue weighted by Crippen LogP contribution is 2.24. The maximum Gasteiger partial charge on any atom is 0.241 e. The van der Waals surface area contributed by atoms with Crippen molar-refractivity contribution in [2.75, 3.05) is 7.11 Å². The third-order valence-electron chi connectivity index (χ3n) is 3.41. The van der Waals surface area contributed by atoms with Gasteiger partial charge in [-0.15, -0.1) is 0 Å². The van der Waals surface area contributed by atoms with Crippen molar-refractivity contribution in [1.29, 1.82) is 0 Å². The van der Waals surface area contributed by atoms with Crippen molar-refractivity contribution in [3.63, 3.8) is 0 Å². The maximum absolute atomic E-state index is 13.7. The lowest BCUT2D eigenvalue weighted by Crippen LogP contribution is -2.28. The highest BCUT2D eigenvalue weighted by Gasteiger charge is 2.21. The molecule has 0 bridgehead atoms. The van der Waals surface area contributed by atoms with Crippen molar-refractivity contribution in [2.24, 2.45) is 0 Å². The number of ether oxygens (including phenoxy) is 1. The summed E-state index contributed by atoms with van der Waals surface area (Å²) < 4.78 is 47.0. The molecule has 0 heterocycles. The number of rotatable bonds is 6. The van der Waals surface area contributed by atoms with Crippen molar-refractivity contribution in [2.45, 2.75) is 24.3 Å². The van der Waals surface area contributed by atoms with Gasteiger partial charge in [0.2, 0.25) is 10.0 Å². The Balaban J connectivity index is 2.28. The van der Waals surface area contributed by atoms with Crippen LogP contribution in [0.15, 0.2) is 51.8 Å². The molecule has 0 radical (unpaired) electrons. The van der Waals surface area contributed by atoms with Crippen molar-refractivity contribution < 1.29 is 17.5 Å². The highest BCUT2D eigenvalue weighted by atomic mass is 79.9. The van der Waals surface area contributed by atoms with E-state index in [1.807, 2.05) is 31.2 Å². The minimum atomic E-state index is -3.83. The van der Waals surface area contributed by atoms with Gasteiger partial charge in [-0.1, -0.05) is 35.0 Å². The number of sulfonamides is 1. The summed E-state index contributed by atoms with van der Waals surface area (Å²) in [5.41, 5.74) is 0.841. The van der Waals surface area contributed by atoms with E-state index in [0.717, 1.165) is 16.1 Å². The molecular formula is C16H17BrFNO3S. The van der Waals surface area contributed by atoms with E-state index >= 15 is 0 Å². The van der Waals surface area contributed by atoms with Gasteiger partial charge < -0.3 is 4.74 Å². The summed E-state index contributed by atoms with van der Waals surface area (Å²) in [5.74, 6) is -0.712. The second-order valence-electron chi connectivity index (χ2n) is 4.93. The number of methoxy groups -OCH3 is 1. The number of halogens is 2. The fourth-order valence-electron chi connectivity index (χ4n) is 2.15. The van der Waals surface area contributed by atoms with E-state index in [4.69, 9.17) is 4.74 Å². The van der Waals surface area contributed by atoms with Gasteiger partial charge in [0.05, 0.1) is 12.0 Å². The first kappa shape index (κ1) is 17.9. The van der Waals surface area contributed by atoms with Gasteiger partial charge in [-0.05, 0) is 42.3 Å². The van der Waals surface area contributed by atoms with Gasteiger partial charge in [0.25, 0.3) is 0 Å². The van der Waals surface area contributed by atoms with Gasteiger partial charge in [0.15, 0.2) is 11.6 Å². The van der Waals surface area contributed by atoms with Crippen molar-refractivity contribution in [3.8, 4) is 5.75 Å². The third-order valence-corrected chi connectivity index (χ3v) is 5.41. The molecule has 2 rings (SSSR count). The largest absolute Gasteiger partial charge is 0.494 e. The van der Waals surface area contributed by atoms with Crippen molar-refractivity contribution >= 4 is 26.0 Å². The summed E-state index contributed by atoms with van der Waals surface area (Å²) >= 11 is 3.34. The molecule has 1 unspecified atom stereocenters. The van der Waals surface area contributed by atoms with Gasteiger partial charge in [-0.2, -0.15) is 0 Å². The highest BCUT2D eigenvalue weighted by molar-refractivity contribution is 9.10. The summed E-state index contributed by atoms with van der Waals surface area (Å²) in [6.07, 6.45) is 0.569. The summed E-state index contributed by atoms with van der Waals surface area (Å²) in [4.78, 5) is -0.133. The van der Waals surface area contributed by atoms with Crippen LogP contribution in [0.1, 0.15) is 24.9 Å². The SMILES string of the molecule is CCC(NS(=O)(=O)c1ccc(OC)c(F)c1)c1ccc(Br)cc1. The molecule has 23 heavy (non-hydrogen) atoms. The van der Waals surface area contributed by atoms with Crippen LogP contribution in [0.2, 0.25) is 0 Å². The van der Waals surface area contributed by atoms with E-state index in [1.54, 1.807) is 0 Å². The normalized spacial score (nSPS) is 12.9. The van der Waals surface area contributed by atoms with Gasteiger partial charge >= 0.3 is 0 Å². The van der Waals surface area contributed by atoms with Crippen LogP contribution in [0, 0.1) is 5.82 Å². The Kier molecular flexibility index (Phi) is 5.78. The minimum absolute atomic E-state index is 0.00361. The van der Waals surface area contributed by atoms with E-state index in [2.05, 4.69) is 20.7 Å². The minimum Gasteiger partial charge on any atom is -0.494 e. The molecule has 0 saturated carbocycles. The molecule has 2 aromatic carbocycles. The lowest BCUT2D eigenvalue weighted by atomic mass is 10.1. The second-order valence-corrected chi connectivity index (χ2v) is 7.56. The van der Waals surface area contributed by atoms with E-state index < -0.39 is 21.9 Å². The van der Waals surface area contributed by atoms with Crippen LogP contribution < -0.4 is 9.46 Å². The number of hydrogen-bond acceptors (Lipinski definition) is 3. The lowest BCUT2D eigenvalue weighted by Gasteiger charge is -2.18. The van der Waals surface area contributed by atoms with Crippen LogP contribution in [0.4, 0.5) is 4.39 Å². The van der Waals surface area contributed by atoms with E-state index in [9.17, 15) is 12.8 Å². The summed E-state index contributed by atoms with van der Waals surface area (Å²) in [5, 5.41) is 0. The average molecular weight is 402 g/mol. The summed E-state index contributed by atoms with van der Waals surface area (Å²) in [6, 6.07) is 10.6. The molecule has 0 saturated heterocycles. The smallest absolute Gasteiger partial charge is 0.241 e. The van der Waals surface area contributed by atoms with E-state index in [-0.39, 0.29) is 10.6 Å². The second kappa shape index (κ2) is 7.42. The summed E-state index contributed by atoms with van der Waals surface area (Å²) in [6.45, 7) is 1.88. The zero-order valence-electron chi connectivity index (χ0n) is 12.7. The Morgan fingerprint density at radius 3 is 2.39 bits per heavy atom. The fraction of sp³-hybridized carbons (Fsp3) is 0.250. The predicted octanol–water partition coefficient (Wildman–Crippen LogP) is 4.03. The van der Waals surface area contributed by atoms with Crippen LogP contribution in [-0.2, 0) is 10.0 Å². The van der Waals surface area contributed by atoms with Crippen LogP contribution in [0.3, 0.4) is 0 Å².